The van der Waals surface area contributed by atoms with Crippen molar-refractivity contribution in [3.8, 4) is 0 Å². The van der Waals surface area contributed by atoms with Crippen molar-refractivity contribution in [1.29, 1.82) is 0 Å². The van der Waals surface area contributed by atoms with Gasteiger partial charge in [-0.3, -0.25) is 46.8 Å². The average Bonchev–Trinajstić information content (AvgIpc) is 3.64. The van der Waals surface area contributed by atoms with E-state index in [2.05, 4.69) is 43.5 Å². The molecule has 4 aliphatic rings. The van der Waals surface area contributed by atoms with Crippen LogP contribution in [0.15, 0.2) is 39.1 Å². The SMILES string of the molecule is CCC1=C(N)c2ncn([C@@H]3O[C@H](COP(=O)(O)OP(=O)(O)OP(=O)(O)OC[C@H]4OC(n5c[n+](C)c6c(=O)[nH]c(N)nc65)[C@H](O)[C@@H]4CCOC)[C@@H](OP(=O)(O)OC[C@H]4O[C@@H](n5cnc6c(=O)[nH]c(N)nc65)[C@H](O)[C@@H]4O)[C@H]3OC)c2N=CC1. The summed E-state index contributed by atoms with van der Waals surface area (Å²) in [4.78, 5) is 93.7. The van der Waals surface area contributed by atoms with Gasteiger partial charge in [0.15, 0.2) is 29.4 Å². The molecule has 9 rings (SSSR count). The molecule has 5 aromatic heterocycles. The second kappa shape index (κ2) is 23.5. The van der Waals surface area contributed by atoms with E-state index in [9.17, 15) is 62.7 Å². The fourth-order valence-electron chi connectivity index (χ4n) is 9.64. The maximum atomic E-state index is 13.8. The van der Waals surface area contributed by atoms with Gasteiger partial charge in [-0.1, -0.05) is 6.92 Å². The van der Waals surface area contributed by atoms with Crippen LogP contribution < -0.4 is 32.9 Å². The molecule has 0 aromatic carbocycles. The molecule has 0 radical (unpaired) electrons. The number of aliphatic hydroxyl groups excluding tert-OH is 3. The molecule has 0 bridgehead atoms. The lowest BCUT2D eigenvalue weighted by molar-refractivity contribution is -0.646. The molecule has 0 saturated carbocycles. The Morgan fingerprint density at radius 1 is 0.728 bits per heavy atom. The fraction of sp³-hybridized carbons (Fsp3) is 0.590. The highest BCUT2D eigenvalue weighted by Gasteiger charge is 2.54. The highest BCUT2D eigenvalue weighted by molar-refractivity contribution is 7.66. The van der Waals surface area contributed by atoms with Crippen molar-refractivity contribution >= 4 is 83.2 Å². The Balaban J connectivity index is 0.888. The number of aromatic nitrogens is 10. The highest BCUT2D eigenvalue weighted by atomic mass is 31.3. The lowest BCUT2D eigenvalue weighted by atomic mass is 9.95. The number of H-pyrrole nitrogens is 2. The maximum Gasteiger partial charge on any atom is 0.490 e. The number of aryl methyl sites for hydroxylation is 1. The zero-order chi connectivity index (χ0) is 58.7. The molecule has 42 heteroatoms. The van der Waals surface area contributed by atoms with E-state index in [4.69, 9.17) is 59.0 Å². The standard InChI is InChI=1S/C39H56N14O24P4/c1-5-16-6-8-43-30-22(21(16)40)44-13-51(30)37-29(68-4)28(75-78(59,60)69-11-19-26(55)27(56)36(73-19)52-14-45-23-31(52)46-38(41)48-33(23)57)20(74-37)12-71-80(63,64)77-81(65,66)76-79(61,62)70-10-18-17(7-9-67-3)25(54)35(72-18)53-15-50(2)24-32(53)47-39(42)49-34(24)58/h8,13-15,17-20,25-29,35-37,54-56H,5-7,9-12,40H2,1-4H3,(H9-,41,42,46,47,48,49,57,58,59,60,61,62,63,64,65,66)/p+1/t17-,18-,19-,20-,25-,26-,27-,28-,29-,35?,36-,37-/m1/s1. The predicted octanol–water partition coefficient (Wildman–Crippen LogP) is -1.76. The average molecular weight is 1230 g/mol. The van der Waals surface area contributed by atoms with Gasteiger partial charge in [-0.05, 0) is 18.4 Å². The van der Waals surface area contributed by atoms with E-state index < -0.39 is 136 Å². The summed E-state index contributed by atoms with van der Waals surface area (Å²) in [7, 11) is -19.4. The summed E-state index contributed by atoms with van der Waals surface area (Å²) >= 11 is 0. The Morgan fingerprint density at radius 2 is 1.32 bits per heavy atom. The van der Waals surface area contributed by atoms with Gasteiger partial charge in [0.2, 0.25) is 24.5 Å². The Morgan fingerprint density at radius 3 is 1.99 bits per heavy atom. The molecule has 81 heavy (non-hydrogen) atoms. The zero-order valence-corrected chi connectivity index (χ0v) is 46.4. The summed E-state index contributed by atoms with van der Waals surface area (Å²) in [6, 6.07) is 0. The molecule has 3 saturated heterocycles. The van der Waals surface area contributed by atoms with Gasteiger partial charge in [0, 0.05) is 39.4 Å². The number of anilines is 2. The smallest absolute Gasteiger partial charge is 0.397 e. The number of phosphoric ester groups is 3. The largest absolute Gasteiger partial charge is 0.490 e. The Kier molecular flexibility index (Phi) is 17.6. The van der Waals surface area contributed by atoms with Gasteiger partial charge >= 0.3 is 36.9 Å². The lowest BCUT2D eigenvalue weighted by Gasteiger charge is -2.26. The minimum absolute atomic E-state index is 0.00381. The van der Waals surface area contributed by atoms with E-state index >= 15 is 0 Å². The Bertz CT molecular complexity index is 3550. The molecule has 0 amide bonds. The summed E-state index contributed by atoms with van der Waals surface area (Å²) < 4.78 is 117. The first kappa shape index (κ1) is 60.5. The molecule has 0 aliphatic carbocycles. The molecular weight excluding hydrogens is 1170 g/mol. The number of aliphatic hydroxyl groups is 3. The van der Waals surface area contributed by atoms with Crippen LogP contribution in [0.4, 0.5) is 17.7 Å². The number of ether oxygens (including phenoxy) is 5. The van der Waals surface area contributed by atoms with Crippen molar-refractivity contribution < 1.29 is 108 Å². The molecule has 38 nitrogen and oxygen atoms in total. The van der Waals surface area contributed by atoms with E-state index in [1.54, 1.807) is 0 Å². The number of aromatic amines is 2. The number of hydrogen-bond acceptors (Lipinski definition) is 28. The highest BCUT2D eigenvalue weighted by Crippen LogP contribution is 2.68. The van der Waals surface area contributed by atoms with Crippen molar-refractivity contribution in [1.82, 2.24) is 43.6 Å². The van der Waals surface area contributed by atoms with Crippen molar-refractivity contribution in [2.24, 2.45) is 23.7 Å². The monoisotopic (exact) mass is 1230 g/mol. The summed E-state index contributed by atoms with van der Waals surface area (Å²) in [6.07, 6.45) is -11.2. The van der Waals surface area contributed by atoms with Crippen LogP contribution in [0.25, 0.3) is 28.0 Å². The molecule has 5 unspecified atom stereocenters. The Hall–Kier alpha value is -5.08. The third-order valence-corrected chi connectivity index (χ3v) is 18.6. The van der Waals surface area contributed by atoms with Crippen LogP contribution in [0.3, 0.4) is 0 Å². The molecule has 446 valence electrons. The quantitative estimate of drug-likeness (QED) is 0.0255. The topological polar surface area (TPSA) is 538 Å². The first-order chi connectivity index (χ1) is 38.2. The number of aliphatic imine (C=N–C) groups is 1. The van der Waals surface area contributed by atoms with Gasteiger partial charge in [0.05, 0.1) is 51.3 Å². The molecule has 3 fully saturated rings. The van der Waals surface area contributed by atoms with E-state index in [1.165, 1.54) is 46.7 Å². The van der Waals surface area contributed by atoms with E-state index in [-0.39, 0.29) is 64.5 Å². The molecule has 4 aliphatic heterocycles. The summed E-state index contributed by atoms with van der Waals surface area (Å²) in [5.41, 5.74) is 17.5. The summed E-state index contributed by atoms with van der Waals surface area (Å²) in [6.45, 7) is -1.24. The Labute approximate surface area is 454 Å². The number of fused-ring (bicyclic) bond motifs is 3. The second-order valence-electron chi connectivity index (χ2n) is 18.6. The van der Waals surface area contributed by atoms with Gasteiger partial charge in [-0.2, -0.15) is 23.2 Å². The van der Waals surface area contributed by atoms with Crippen LogP contribution >= 0.6 is 31.3 Å². The van der Waals surface area contributed by atoms with Gasteiger partial charge in [-0.15, -0.1) is 0 Å². The van der Waals surface area contributed by atoms with Crippen molar-refractivity contribution in [2.75, 3.05) is 52.1 Å². The van der Waals surface area contributed by atoms with Crippen LogP contribution in [0.5, 0.6) is 0 Å². The minimum Gasteiger partial charge on any atom is -0.397 e. The third-order valence-electron chi connectivity index (χ3n) is 13.4. The molecule has 0 spiro atoms. The van der Waals surface area contributed by atoms with Crippen LogP contribution in [-0.4, -0.2) is 174 Å². The lowest BCUT2D eigenvalue weighted by Crippen LogP contribution is -2.38. The van der Waals surface area contributed by atoms with Crippen LogP contribution in [0.2, 0.25) is 0 Å². The van der Waals surface area contributed by atoms with Crippen molar-refractivity contribution in [2.45, 2.75) is 93.7 Å². The van der Waals surface area contributed by atoms with Gasteiger partial charge < -0.3 is 75.8 Å². The maximum absolute atomic E-state index is 13.8. The summed E-state index contributed by atoms with van der Waals surface area (Å²) in [5, 5.41) is 33.3. The molecule has 5 aromatic rings. The fourth-order valence-corrected chi connectivity index (χ4v) is 14.1. The number of methoxy groups -OCH3 is 2. The number of nitrogen functional groups attached to an aromatic ring is 2. The van der Waals surface area contributed by atoms with Crippen molar-refractivity contribution in [3.05, 3.63) is 51.0 Å². The summed E-state index contributed by atoms with van der Waals surface area (Å²) in [5.74, 6) is -1.39. The molecule has 15 N–H and O–H groups in total. The van der Waals surface area contributed by atoms with Gasteiger partial charge in [0.25, 0.3) is 16.7 Å². The number of nitrogens with zero attached hydrogens (tertiary/aromatic N) is 9. The molecule has 9 heterocycles. The third kappa shape index (κ3) is 12.6. The number of nitrogens with one attached hydrogen (secondary N) is 2. The van der Waals surface area contributed by atoms with E-state index in [1.807, 2.05) is 6.92 Å². The molecular formula is C39H57N14O24P4+. The number of imidazole rings is 3. The predicted molar refractivity (Wildman–Crippen MR) is 270 cm³/mol. The van der Waals surface area contributed by atoms with Crippen LogP contribution in [-0.2, 0) is 75.7 Å². The van der Waals surface area contributed by atoms with Crippen molar-refractivity contribution in [3.63, 3.8) is 0 Å². The van der Waals surface area contributed by atoms with E-state index in [0.29, 0.717) is 12.8 Å². The van der Waals surface area contributed by atoms with Gasteiger partial charge in [-0.25, -0.2) is 37.8 Å². The molecule has 16 atom stereocenters. The first-order valence-electron chi connectivity index (χ1n) is 24.1. The zero-order valence-electron chi connectivity index (χ0n) is 42.8. The van der Waals surface area contributed by atoms with E-state index in [0.717, 1.165) is 23.6 Å². The minimum atomic E-state index is -6.18. The number of phosphoric acid groups is 4. The number of allylic oxidation sites excluding steroid dienone is 1. The number of rotatable bonds is 23. The normalized spacial score (nSPS) is 29.9. The van der Waals surface area contributed by atoms with Gasteiger partial charge in [0.1, 0.15) is 48.4 Å². The second-order valence-corrected chi connectivity index (χ2v) is 24.6. The first-order valence-corrected chi connectivity index (χ1v) is 30.1. The number of hydrogen-bond donors (Lipinski definition) is 12. The van der Waals surface area contributed by atoms with Crippen LogP contribution in [0.1, 0.15) is 50.6 Å². The van der Waals surface area contributed by atoms with Crippen LogP contribution in [0, 0.1) is 5.92 Å². The number of nitrogens with two attached hydrogens (primary N) is 3.